The van der Waals surface area contributed by atoms with E-state index in [4.69, 9.17) is 0 Å². The number of nitrogens with one attached hydrogen (secondary N) is 1. The summed E-state index contributed by atoms with van der Waals surface area (Å²) in [5.74, 6) is 0. The van der Waals surface area contributed by atoms with Gasteiger partial charge in [0.05, 0.1) is 0 Å². The quantitative estimate of drug-likeness (QED) is 0.707. The second-order valence-corrected chi connectivity index (χ2v) is 4.10. The Labute approximate surface area is 82.9 Å². The Kier molecular flexibility index (Phi) is 4.15. The van der Waals surface area contributed by atoms with Crippen molar-refractivity contribution in [1.29, 1.82) is 0 Å². The molecule has 0 aromatic carbocycles. The second-order valence-electron chi connectivity index (χ2n) is 3.12. The van der Waals surface area contributed by atoms with E-state index in [1.165, 1.54) is 0 Å². The van der Waals surface area contributed by atoms with E-state index in [-0.39, 0.29) is 6.10 Å². The highest BCUT2D eigenvalue weighted by atomic mass is 32.1. The van der Waals surface area contributed by atoms with Gasteiger partial charge in [-0.05, 0) is 18.4 Å². The molecule has 1 atom stereocenters. The van der Waals surface area contributed by atoms with Gasteiger partial charge in [0.15, 0.2) is 0 Å². The van der Waals surface area contributed by atoms with E-state index in [9.17, 15) is 5.11 Å². The zero-order valence-corrected chi connectivity index (χ0v) is 8.60. The van der Waals surface area contributed by atoms with Gasteiger partial charge >= 0.3 is 0 Å². The fraction of sp³-hybridized carbons (Fsp3) is 0.400. The number of rotatable bonds is 5. The van der Waals surface area contributed by atoms with E-state index in [1.54, 1.807) is 11.3 Å². The fourth-order valence-electron chi connectivity index (χ4n) is 1.00. The van der Waals surface area contributed by atoms with Crippen LogP contribution in [0.5, 0.6) is 0 Å². The Morgan fingerprint density at radius 1 is 1.77 bits per heavy atom. The molecule has 0 fully saturated rings. The summed E-state index contributed by atoms with van der Waals surface area (Å²) in [5.41, 5.74) is 1.08. The molecule has 0 bridgehead atoms. The van der Waals surface area contributed by atoms with Gasteiger partial charge in [-0.2, -0.15) is 0 Å². The zero-order chi connectivity index (χ0) is 9.68. The molecule has 0 aliphatic heterocycles. The molecule has 72 valence electrons. The molecule has 1 aromatic heterocycles. The van der Waals surface area contributed by atoms with Crippen LogP contribution in [0.15, 0.2) is 29.7 Å². The molecule has 0 amide bonds. The molecule has 3 heteroatoms. The first-order valence-electron chi connectivity index (χ1n) is 4.26. The monoisotopic (exact) mass is 197 g/mol. The van der Waals surface area contributed by atoms with E-state index < -0.39 is 0 Å². The molecule has 1 rings (SSSR count). The van der Waals surface area contributed by atoms with Crippen molar-refractivity contribution in [2.45, 2.75) is 13.0 Å². The van der Waals surface area contributed by atoms with Crippen LogP contribution >= 0.6 is 11.3 Å². The van der Waals surface area contributed by atoms with Crippen LogP contribution in [0.2, 0.25) is 0 Å². The lowest BCUT2D eigenvalue weighted by Crippen LogP contribution is -2.22. The Morgan fingerprint density at radius 3 is 3.08 bits per heavy atom. The highest BCUT2D eigenvalue weighted by molar-refractivity contribution is 7.10. The van der Waals surface area contributed by atoms with Crippen molar-refractivity contribution < 1.29 is 5.11 Å². The molecule has 0 aliphatic carbocycles. The third kappa shape index (κ3) is 3.72. The number of hydrogen-bond donors (Lipinski definition) is 2. The number of aliphatic hydroxyl groups excluding tert-OH is 1. The summed E-state index contributed by atoms with van der Waals surface area (Å²) in [7, 11) is 0. The fourth-order valence-corrected chi connectivity index (χ4v) is 1.72. The van der Waals surface area contributed by atoms with Gasteiger partial charge < -0.3 is 10.4 Å². The summed E-state index contributed by atoms with van der Waals surface area (Å²) in [6, 6.07) is 3.89. The van der Waals surface area contributed by atoms with Crippen LogP contribution in [0.1, 0.15) is 17.9 Å². The minimum absolute atomic E-state index is 0.389. The molecule has 2 N–H and O–H groups in total. The predicted molar refractivity (Wildman–Crippen MR) is 57.0 cm³/mol. The molecular formula is C10H15NOS. The molecule has 1 heterocycles. The maximum atomic E-state index is 9.64. The molecule has 13 heavy (non-hydrogen) atoms. The maximum Gasteiger partial charge on any atom is 0.101 e. The molecule has 0 saturated carbocycles. The van der Waals surface area contributed by atoms with E-state index >= 15 is 0 Å². The largest absolute Gasteiger partial charge is 0.386 e. The summed E-state index contributed by atoms with van der Waals surface area (Å²) in [4.78, 5) is 1.01. The van der Waals surface area contributed by atoms with Gasteiger partial charge in [0.1, 0.15) is 6.10 Å². The van der Waals surface area contributed by atoms with Crippen molar-refractivity contribution in [2.75, 3.05) is 13.1 Å². The predicted octanol–water partition coefficient (Wildman–Crippen LogP) is 1.95. The minimum atomic E-state index is -0.389. The van der Waals surface area contributed by atoms with Crippen molar-refractivity contribution in [3.63, 3.8) is 0 Å². The summed E-state index contributed by atoms with van der Waals surface area (Å²) < 4.78 is 0. The molecule has 1 aromatic rings. The Hall–Kier alpha value is -0.640. The molecular weight excluding hydrogens is 182 g/mol. The lowest BCUT2D eigenvalue weighted by Gasteiger charge is -2.09. The first kappa shape index (κ1) is 10.4. The van der Waals surface area contributed by atoms with Gasteiger partial charge in [-0.1, -0.05) is 18.2 Å². The van der Waals surface area contributed by atoms with E-state index in [0.29, 0.717) is 6.54 Å². The van der Waals surface area contributed by atoms with Gasteiger partial charge in [0, 0.05) is 18.0 Å². The third-order valence-corrected chi connectivity index (χ3v) is 2.61. The Morgan fingerprint density at radius 2 is 2.54 bits per heavy atom. The highest BCUT2D eigenvalue weighted by Crippen LogP contribution is 2.17. The zero-order valence-electron chi connectivity index (χ0n) is 7.79. The number of aliphatic hydroxyl groups is 1. The van der Waals surface area contributed by atoms with Crippen LogP contribution in [-0.2, 0) is 0 Å². The van der Waals surface area contributed by atoms with Crippen LogP contribution in [0.25, 0.3) is 0 Å². The van der Waals surface area contributed by atoms with Gasteiger partial charge in [-0.25, -0.2) is 0 Å². The summed E-state index contributed by atoms with van der Waals surface area (Å²) in [6.45, 7) is 7.09. The van der Waals surface area contributed by atoms with Crippen LogP contribution in [0.3, 0.4) is 0 Å². The first-order valence-corrected chi connectivity index (χ1v) is 5.14. The van der Waals surface area contributed by atoms with Crippen LogP contribution in [0.4, 0.5) is 0 Å². The second kappa shape index (κ2) is 5.17. The average Bonchev–Trinajstić information content (AvgIpc) is 2.55. The van der Waals surface area contributed by atoms with Crippen molar-refractivity contribution in [3.8, 4) is 0 Å². The lowest BCUT2D eigenvalue weighted by molar-refractivity contribution is 0.180. The Balaban J connectivity index is 2.26. The summed E-state index contributed by atoms with van der Waals surface area (Å²) in [5, 5.41) is 14.7. The number of hydrogen-bond acceptors (Lipinski definition) is 3. The summed E-state index contributed by atoms with van der Waals surface area (Å²) in [6.07, 6.45) is -0.389. The molecule has 0 spiro atoms. The van der Waals surface area contributed by atoms with Crippen molar-refractivity contribution in [3.05, 3.63) is 34.5 Å². The molecule has 0 saturated heterocycles. The number of thiophene rings is 1. The third-order valence-electron chi connectivity index (χ3n) is 1.64. The van der Waals surface area contributed by atoms with Crippen LogP contribution in [0, 0.1) is 0 Å². The topological polar surface area (TPSA) is 32.3 Å². The summed E-state index contributed by atoms with van der Waals surface area (Å²) >= 11 is 1.58. The lowest BCUT2D eigenvalue weighted by atomic mass is 10.3. The van der Waals surface area contributed by atoms with E-state index in [0.717, 1.165) is 17.0 Å². The average molecular weight is 197 g/mol. The van der Waals surface area contributed by atoms with Crippen LogP contribution in [-0.4, -0.2) is 18.2 Å². The van der Waals surface area contributed by atoms with Gasteiger partial charge in [0.2, 0.25) is 0 Å². The van der Waals surface area contributed by atoms with Gasteiger partial charge in [-0.3, -0.25) is 0 Å². The van der Waals surface area contributed by atoms with Gasteiger partial charge in [0.25, 0.3) is 0 Å². The van der Waals surface area contributed by atoms with Gasteiger partial charge in [-0.15, -0.1) is 11.3 Å². The highest BCUT2D eigenvalue weighted by Gasteiger charge is 2.06. The van der Waals surface area contributed by atoms with E-state index in [1.807, 2.05) is 24.4 Å². The molecule has 1 unspecified atom stereocenters. The maximum absolute atomic E-state index is 9.64. The SMILES string of the molecule is C=C(C)CNCC(O)c1cccs1. The normalized spacial score (nSPS) is 12.8. The van der Waals surface area contributed by atoms with Crippen LogP contribution < -0.4 is 5.32 Å². The molecule has 0 radical (unpaired) electrons. The minimum Gasteiger partial charge on any atom is -0.386 e. The molecule has 0 aliphatic rings. The standard InChI is InChI=1S/C10H15NOS/c1-8(2)6-11-7-9(12)10-4-3-5-13-10/h3-5,9,11-12H,1,6-7H2,2H3. The smallest absolute Gasteiger partial charge is 0.101 e. The van der Waals surface area contributed by atoms with Crippen molar-refractivity contribution in [1.82, 2.24) is 5.32 Å². The van der Waals surface area contributed by atoms with Crippen molar-refractivity contribution in [2.24, 2.45) is 0 Å². The van der Waals surface area contributed by atoms with E-state index in [2.05, 4.69) is 11.9 Å². The molecule has 2 nitrogen and oxygen atoms in total. The van der Waals surface area contributed by atoms with Crippen molar-refractivity contribution >= 4 is 11.3 Å². The Bertz CT molecular complexity index is 256. The first-order chi connectivity index (χ1) is 6.20.